The van der Waals surface area contributed by atoms with Gasteiger partial charge in [0, 0.05) is 37.5 Å². The average molecular weight is 414 g/mol. The number of amides is 1. The molecular weight excluding hydrogens is 392 g/mol. The zero-order valence-electron chi connectivity index (χ0n) is 17.1. The van der Waals surface area contributed by atoms with Crippen LogP contribution in [0.2, 0.25) is 0 Å². The van der Waals surface area contributed by atoms with Crippen molar-refractivity contribution in [3.8, 4) is 16.9 Å². The Kier molecular flexibility index (Phi) is 5.94. The summed E-state index contributed by atoms with van der Waals surface area (Å²) in [5, 5.41) is 10.1. The monoisotopic (exact) mass is 414 g/mol. The van der Waals surface area contributed by atoms with Gasteiger partial charge in [0.15, 0.2) is 11.6 Å². The van der Waals surface area contributed by atoms with E-state index in [0.717, 1.165) is 18.5 Å². The van der Waals surface area contributed by atoms with E-state index in [1.165, 1.54) is 0 Å². The molecule has 1 aliphatic heterocycles. The number of carbonyl (C=O) groups is 1. The van der Waals surface area contributed by atoms with E-state index in [0.29, 0.717) is 41.7 Å². The number of nitrogens with zero attached hydrogens (tertiary/aromatic N) is 4. The Bertz CT molecular complexity index is 1160. The smallest absolute Gasteiger partial charge is 0.261 e. The first kappa shape index (κ1) is 20.2. The van der Waals surface area contributed by atoms with E-state index in [-0.39, 0.29) is 11.5 Å². The summed E-state index contributed by atoms with van der Waals surface area (Å²) in [4.78, 5) is 21.3. The van der Waals surface area contributed by atoms with Crippen molar-refractivity contribution in [2.24, 2.45) is 12.0 Å². The third-order valence-corrected chi connectivity index (χ3v) is 4.85. The highest BCUT2D eigenvalue weighted by atomic mass is 16.5. The lowest BCUT2D eigenvalue weighted by Crippen LogP contribution is -2.43. The maximum Gasteiger partial charge on any atom is 0.261 e. The quantitative estimate of drug-likeness (QED) is 0.628. The van der Waals surface area contributed by atoms with Crippen LogP contribution in [-0.2, 0) is 13.7 Å². The van der Waals surface area contributed by atoms with Gasteiger partial charge in [0.25, 0.3) is 5.91 Å². The number of rotatable bonds is 5. The SMILES string of the molecule is [C-]#[N+]c1ccc(OCc2ccccc2)c(C(=O)NC2=NCCCN2)c1-c1cnn(C)c1. The van der Waals surface area contributed by atoms with Crippen LogP contribution >= 0.6 is 0 Å². The molecule has 1 aliphatic rings. The van der Waals surface area contributed by atoms with Gasteiger partial charge < -0.3 is 10.1 Å². The second kappa shape index (κ2) is 9.13. The highest BCUT2D eigenvalue weighted by Gasteiger charge is 2.24. The Morgan fingerprint density at radius 1 is 1.29 bits per heavy atom. The van der Waals surface area contributed by atoms with Crippen LogP contribution < -0.4 is 15.4 Å². The van der Waals surface area contributed by atoms with E-state index < -0.39 is 0 Å². The maximum absolute atomic E-state index is 13.4. The largest absolute Gasteiger partial charge is 0.488 e. The van der Waals surface area contributed by atoms with Crippen molar-refractivity contribution in [1.82, 2.24) is 20.4 Å². The van der Waals surface area contributed by atoms with Crippen LogP contribution in [0.5, 0.6) is 5.75 Å². The van der Waals surface area contributed by atoms with Gasteiger partial charge in [-0.05, 0) is 18.1 Å². The summed E-state index contributed by atoms with van der Waals surface area (Å²) in [6, 6.07) is 13.0. The number of aromatic nitrogens is 2. The summed E-state index contributed by atoms with van der Waals surface area (Å²) in [7, 11) is 1.79. The van der Waals surface area contributed by atoms with E-state index in [4.69, 9.17) is 11.3 Å². The van der Waals surface area contributed by atoms with Gasteiger partial charge in [-0.3, -0.25) is 19.8 Å². The first-order valence-corrected chi connectivity index (χ1v) is 9.95. The minimum absolute atomic E-state index is 0.285. The maximum atomic E-state index is 13.4. The number of carbonyl (C=O) groups excluding carboxylic acids is 1. The molecule has 8 nitrogen and oxygen atoms in total. The number of guanidine groups is 1. The molecule has 2 N–H and O–H groups in total. The molecule has 0 unspecified atom stereocenters. The van der Waals surface area contributed by atoms with Crippen molar-refractivity contribution in [2.45, 2.75) is 13.0 Å². The van der Waals surface area contributed by atoms with Crippen molar-refractivity contribution in [3.63, 3.8) is 0 Å². The number of hydrogen-bond donors (Lipinski definition) is 2. The number of hydrogen-bond acceptors (Lipinski definition) is 5. The molecule has 1 amide bonds. The van der Waals surface area contributed by atoms with Gasteiger partial charge in [-0.1, -0.05) is 36.4 Å². The van der Waals surface area contributed by atoms with E-state index in [2.05, 4.69) is 25.6 Å². The molecule has 4 rings (SSSR count). The number of benzene rings is 2. The summed E-state index contributed by atoms with van der Waals surface area (Å²) in [6.45, 7) is 9.32. The Balaban J connectivity index is 1.77. The summed E-state index contributed by atoms with van der Waals surface area (Å²) in [6.07, 6.45) is 4.33. The molecule has 156 valence electrons. The summed E-state index contributed by atoms with van der Waals surface area (Å²) in [5.74, 6) is 0.431. The van der Waals surface area contributed by atoms with Crippen molar-refractivity contribution in [3.05, 3.63) is 77.4 Å². The molecule has 0 atom stereocenters. The number of aliphatic imine (C=N–C) groups is 1. The molecule has 0 saturated heterocycles. The van der Waals surface area contributed by atoms with Crippen LogP contribution in [0.25, 0.3) is 16.0 Å². The van der Waals surface area contributed by atoms with Crippen LogP contribution in [0.3, 0.4) is 0 Å². The Morgan fingerprint density at radius 3 is 2.81 bits per heavy atom. The van der Waals surface area contributed by atoms with Gasteiger partial charge in [0.1, 0.15) is 12.4 Å². The van der Waals surface area contributed by atoms with Gasteiger partial charge in [0.2, 0.25) is 0 Å². The number of aryl methyl sites for hydroxylation is 1. The van der Waals surface area contributed by atoms with Gasteiger partial charge >= 0.3 is 0 Å². The lowest BCUT2D eigenvalue weighted by Gasteiger charge is -2.19. The second-order valence-corrected chi connectivity index (χ2v) is 7.09. The summed E-state index contributed by atoms with van der Waals surface area (Å²) >= 11 is 0. The zero-order chi connectivity index (χ0) is 21.6. The minimum Gasteiger partial charge on any atom is -0.488 e. The van der Waals surface area contributed by atoms with Crippen molar-refractivity contribution < 1.29 is 9.53 Å². The van der Waals surface area contributed by atoms with E-state index in [9.17, 15) is 4.79 Å². The fourth-order valence-corrected chi connectivity index (χ4v) is 3.38. The molecule has 0 spiro atoms. The third-order valence-electron chi connectivity index (χ3n) is 4.85. The molecule has 0 fully saturated rings. The first-order chi connectivity index (χ1) is 15.2. The lowest BCUT2D eigenvalue weighted by molar-refractivity contribution is 0.0972. The van der Waals surface area contributed by atoms with Gasteiger partial charge in [-0.15, -0.1) is 0 Å². The summed E-state index contributed by atoms with van der Waals surface area (Å²) < 4.78 is 7.68. The fourth-order valence-electron chi connectivity index (χ4n) is 3.38. The molecule has 0 bridgehead atoms. The van der Waals surface area contributed by atoms with Crippen LogP contribution in [0.15, 0.2) is 59.9 Å². The minimum atomic E-state index is -0.388. The molecule has 0 aliphatic carbocycles. The molecule has 0 radical (unpaired) electrons. The van der Waals surface area contributed by atoms with E-state index >= 15 is 0 Å². The normalized spacial score (nSPS) is 13.0. The lowest BCUT2D eigenvalue weighted by atomic mass is 9.98. The molecule has 0 saturated carbocycles. The Labute approximate surface area is 180 Å². The van der Waals surface area contributed by atoms with Crippen LogP contribution in [0.1, 0.15) is 22.3 Å². The zero-order valence-corrected chi connectivity index (χ0v) is 17.1. The van der Waals surface area contributed by atoms with Crippen molar-refractivity contribution in [2.75, 3.05) is 13.1 Å². The van der Waals surface area contributed by atoms with Gasteiger partial charge in [-0.2, -0.15) is 5.10 Å². The molecule has 31 heavy (non-hydrogen) atoms. The predicted molar refractivity (Wildman–Crippen MR) is 118 cm³/mol. The van der Waals surface area contributed by atoms with E-state index in [1.807, 2.05) is 30.3 Å². The standard InChI is InChI=1S/C23H22N6O2/c1-24-18-9-10-19(31-15-16-7-4-3-5-8-16)21(20(18)17-13-27-29(2)14-17)22(30)28-23-25-11-6-12-26-23/h3-5,7-10,13-14H,6,11-12,15H2,2H3,(H2,25,26,28,30). The number of ether oxygens (including phenoxy) is 1. The van der Waals surface area contributed by atoms with Gasteiger partial charge in [0.05, 0.1) is 18.3 Å². The predicted octanol–water partition coefficient (Wildman–Crippen LogP) is 3.30. The Hall–Kier alpha value is -4.12. The fraction of sp³-hybridized carbons (Fsp3) is 0.217. The van der Waals surface area contributed by atoms with Crippen LogP contribution in [0.4, 0.5) is 5.69 Å². The third kappa shape index (κ3) is 4.56. The Morgan fingerprint density at radius 2 is 2.13 bits per heavy atom. The van der Waals surface area contributed by atoms with Crippen LogP contribution in [0, 0.1) is 6.57 Å². The molecular formula is C23H22N6O2. The molecule has 3 aromatic rings. The van der Waals surface area contributed by atoms with Gasteiger partial charge in [-0.25, -0.2) is 4.85 Å². The van der Waals surface area contributed by atoms with Crippen LogP contribution in [-0.4, -0.2) is 34.7 Å². The van der Waals surface area contributed by atoms with Crippen molar-refractivity contribution in [1.29, 1.82) is 0 Å². The average Bonchev–Trinajstić information content (AvgIpc) is 3.24. The second-order valence-electron chi connectivity index (χ2n) is 7.09. The highest BCUT2D eigenvalue weighted by molar-refractivity contribution is 6.12. The van der Waals surface area contributed by atoms with E-state index in [1.54, 1.807) is 36.3 Å². The first-order valence-electron chi connectivity index (χ1n) is 9.95. The van der Waals surface area contributed by atoms with Crippen molar-refractivity contribution >= 4 is 17.6 Å². The molecule has 2 aromatic carbocycles. The molecule has 1 aromatic heterocycles. The summed E-state index contributed by atoms with van der Waals surface area (Å²) in [5.41, 5.74) is 2.77. The molecule has 8 heteroatoms. The number of nitrogens with one attached hydrogen (secondary N) is 2. The molecule has 2 heterocycles. The highest BCUT2D eigenvalue weighted by Crippen LogP contribution is 2.39. The topological polar surface area (TPSA) is 84.9 Å².